The van der Waals surface area contributed by atoms with Gasteiger partial charge in [0, 0.05) is 37.6 Å². The van der Waals surface area contributed by atoms with Gasteiger partial charge in [-0.3, -0.25) is 4.90 Å². The van der Waals surface area contributed by atoms with Crippen molar-refractivity contribution in [1.82, 2.24) is 14.9 Å². The molecule has 2 aliphatic rings. The number of ether oxygens (including phenoxy) is 1. The van der Waals surface area contributed by atoms with Gasteiger partial charge in [-0.15, -0.1) is 11.8 Å². The second-order valence-corrected chi connectivity index (χ2v) is 11.6. The lowest BCUT2D eigenvalue weighted by Gasteiger charge is -2.32. The fourth-order valence-corrected chi connectivity index (χ4v) is 6.47. The van der Waals surface area contributed by atoms with Crippen LogP contribution < -0.4 is 14.8 Å². The quantitative estimate of drug-likeness (QED) is 0.305. The molecule has 0 atom stereocenters. The Labute approximate surface area is 233 Å². The molecule has 0 saturated carbocycles. The lowest BCUT2D eigenvalue weighted by Crippen LogP contribution is -2.39. The molecule has 1 aromatic heterocycles. The molecule has 1 saturated heterocycles. The zero-order chi connectivity index (χ0) is 26.5. The molecular weight excluding hydrogens is 512 g/mol. The maximum absolute atomic E-state index is 9.31. The minimum Gasteiger partial charge on any atom is -0.437 e. The van der Waals surface area contributed by atoms with E-state index in [1.807, 2.05) is 32.2 Å². The Kier molecular flexibility index (Phi) is 8.62. The van der Waals surface area contributed by atoms with Crippen LogP contribution in [0.25, 0.3) is 0 Å². The first-order valence-corrected chi connectivity index (χ1v) is 15.3. The minimum atomic E-state index is 0.333. The maximum Gasteiger partial charge on any atom is 0.238 e. The zero-order valence-corrected chi connectivity index (χ0v) is 23.8. The zero-order valence-electron chi connectivity index (χ0n) is 22.2. The van der Waals surface area contributed by atoms with Crippen molar-refractivity contribution in [2.45, 2.75) is 57.0 Å². The average Bonchev–Trinajstić information content (AvgIpc) is 2.93. The van der Waals surface area contributed by atoms with Gasteiger partial charge < -0.3 is 14.8 Å². The van der Waals surface area contributed by atoms with Crippen LogP contribution in [-0.4, -0.2) is 46.0 Å². The Balaban J connectivity index is 1.26. The average molecular weight is 547 g/mol. The summed E-state index contributed by atoms with van der Waals surface area (Å²) >= 11 is 3.38. The maximum atomic E-state index is 9.31. The third-order valence-corrected chi connectivity index (χ3v) is 8.63. The van der Waals surface area contributed by atoms with Gasteiger partial charge in [0.15, 0.2) is 0 Å². The minimum absolute atomic E-state index is 0.333. The smallest absolute Gasteiger partial charge is 0.238 e. The van der Waals surface area contributed by atoms with E-state index in [4.69, 9.17) is 14.7 Å². The van der Waals surface area contributed by atoms with Crippen molar-refractivity contribution in [3.8, 4) is 17.7 Å². The summed E-state index contributed by atoms with van der Waals surface area (Å²) in [6.45, 7) is 7.01. The highest BCUT2D eigenvalue weighted by Crippen LogP contribution is 2.40. The van der Waals surface area contributed by atoms with Crippen LogP contribution in [0.4, 0.5) is 11.6 Å². The molecule has 9 heteroatoms. The Hall–Kier alpha value is -2.93. The number of hydrogen-bond donors (Lipinski definition) is 2. The van der Waals surface area contributed by atoms with Crippen molar-refractivity contribution in [3.05, 3.63) is 64.3 Å². The summed E-state index contributed by atoms with van der Waals surface area (Å²) in [6, 6.07) is 15.0. The number of nitriles is 1. The molecule has 3 aromatic rings. The molecule has 1 fully saturated rings. The number of piperidine rings is 1. The van der Waals surface area contributed by atoms with Gasteiger partial charge in [-0.1, -0.05) is 24.1 Å². The van der Waals surface area contributed by atoms with Gasteiger partial charge in [-0.05, 0) is 86.2 Å². The third kappa shape index (κ3) is 6.37. The van der Waals surface area contributed by atoms with Crippen LogP contribution in [0.15, 0.2) is 41.3 Å². The molecule has 0 radical (unpaired) electrons. The van der Waals surface area contributed by atoms with Crippen LogP contribution in [0.5, 0.6) is 11.6 Å². The van der Waals surface area contributed by atoms with E-state index in [0.717, 1.165) is 84.2 Å². The molecule has 38 heavy (non-hydrogen) atoms. The number of thioether (sulfide) groups is 1. The molecule has 0 bridgehead atoms. The van der Waals surface area contributed by atoms with Crippen LogP contribution in [0.1, 0.15) is 47.2 Å². The molecule has 2 aliphatic heterocycles. The first-order chi connectivity index (χ1) is 18.5. The molecule has 0 amide bonds. The number of likely N-dealkylation sites (tertiary alicyclic amines) is 1. The first kappa shape index (κ1) is 26.7. The molecule has 2 aromatic carbocycles. The SMILES string of the molecule is CSNc1ccc(CN2CCC(Nc3nc4c(c(Oc5c(C)cc(C#N)cc5C)n3)SCCC4)CC2)cc1. The molecular formula is C29H34N6OS2. The third-order valence-electron chi connectivity index (χ3n) is 7.00. The summed E-state index contributed by atoms with van der Waals surface area (Å²) in [4.78, 5) is 13.3. The normalized spacial score (nSPS) is 15.9. The van der Waals surface area contributed by atoms with Gasteiger partial charge in [0.25, 0.3) is 0 Å². The number of rotatable bonds is 8. The van der Waals surface area contributed by atoms with E-state index in [2.05, 4.69) is 45.3 Å². The summed E-state index contributed by atoms with van der Waals surface area (Å²) in [6.07, 6.45) is 6.17. The molecule has 2 N–H and O–H groups in total. The van der Waals surface area contributed by atoms with Crippen molar-refractivity contribution in [3.63, 3.8) is 0 Å². The highest BCUT2D eigenvalue weighted by molar-refractivity contribution is 8.00. The molecule has 3 heterocycles. The molecule has 5 rings (SSSR count). The fourth-order valence-electron chi connectivity index (χ4n) is 5.08. The predicted octanol–water partition coefficient (Wildman–Crippen LogP) is 6.56. The number of benzene rings is 2. The molecule has 7 nitrogen and oxygen atoms in total. The Bertz CT molecular complexity index is 1290. The van der Waals surface area contributed by atoms with Gasteiger partial charge in [-0.2, -0.15) is 10.2 Å². The first-order valence-electron chi connectivity index (χ1n) is 13.1. The monoisotopic (exact) mass is 546 g/mol. The number of nitrogens with one attached hydrogen (secondary N) is 2. The van der Waals surface area contributed by atoms with Gasteiger partial charge >= 0.3 is 0 Å². The summed E-state index contributed by atoms with van der Waals surface area (Å²) in [5.74, 6) is 3.09. The number of aromatic nitrogens is 2. The summed E-state index contributed by atoms with van der Waals surface area (Å²) in [7, 11) is 0. The number of hydrogen-bond acceptors (Lipinski definition) is 9. The van der Waals surface area contributed by atoms with Crippen molar-refractivity contribution in [2.24, 2.45) is 0 Å². The highest BCUT2D eigenvalue weighted by Gasteiger charge is 2.24. The van der Waals surface area contributed by atoms with Crippen LogP contribution in [0.2, 0.25) is 0 Å². The van der Waals surface area contributed by atoms with Crippen molar-refractivity contribution in [2.75, 3.05) is 35.1 Å². The van der Waals surface area contributed by atoms with Crippen molar-refractivity contribution in [1.29, 1.82) is 5.26 Å². The van der Waals surface area contributed by atoms with Gasteiger partial charge in [0.05, 0.1) is 22.2 Å². The van der Waals surface area contributed by atoms with E-state index in [0.29, 0.717) is 23.4 Å². The fraction of sp³-hybridized carbons (Fsp3) is 0.414. The summed E-state index contributed by atoms with van der Waals surface area (Å²) in [5, 5.41) is 12.9. The van der Waals surface area contributed by atoms with E-state index in [1.54, 1.807) is 23.7 Å². The van der Waals surface area contributed by atoms with E-state index >= 15 is 0 Å². The predicted molar refractivity (Wildman–Crippen MR) is 157 cm³/mol. The van der Waals surface area contributed by atoms with Crippen LogP contribution in [-0.2, 0) is 13.0 Å². The van der Waals surface area contributed by atoms with E-state index in [9.17, 15) is 5.26 Å². The van der Waals surface area contributed by atoms with Crippen LogP contribution >= 0.6 is 23.7 Å². The summed E-state index contributed by atoms with van der Waals surface area (Å²) < 4.78 is 9.71. The van der Waals surface area contributed by atoms with Gasteiger partial charge in [-0.25, -0.2) is 4.98 Å². The highest BCUT2D eigenvalue weighted by atomic mass is 32.2. The Morgan fingerprint density at radius 2 is 1.87 bits per heavy atom. The standard InChI is InChI=1S/C29H34N6OS2/c1-19-15-22(17-30)16-20(2)26(19)36-28-27-25(5-4-14-38-27)32-29(33-28)31-23-10-12-35(13-11-23)18-21-6-8-24(9-7-21)34-37-3/h6-9,15-16,23,34H,4-5,10-14,18H2,1-3H3,(H,31,32,33). The Morgan fingerprint density at radius 1 is 1.13 bits per heavy atom. The summed E-state index contributed by atoms with van der Waals surface area (Å²) in [5.41, 5.74) is 6.06. The van der Waals surface area contributed by atoms with Crippen molar-refractivity contribution < 1.29 is 4.74 Å². The molecule has 0 aliphatic carbocycles. The molecule has 198 valence electrons. The lowest BCUT2D eigenvalue weighted by atomic mass is 10.0. The Morgan fingerprint density at radius 3 is 2.55 bits per heavy atom. The molecule has 0 spiro atoms. The van der Waals surface area contributed by atoms with Crippen LogP contribution in [0, 0.1) is 25.2 Å². The van der Waals surface area contributed by atoms with Gasteiger partial charge in [0.2, 0.25) is 11.8 Å². The second kappa shape index (κ2) is 12.3. The van der Waals surface area contributed by atoms with Crippen molar-refractivity contribution >= 4 is 35.3 Å². The topological polar surface area (TPSA) is 86.1 Å². The largest absolute Gasteiger partial charge is 0.437 e. The lowest BCUT2D eigenvalue weighted by molar-refractivity contribution is 0.211. The number of anilines is 2. The number of nitrogens with zero attached hydrogens (tertiary/aromatic N) is 4. The number of aryl methyl sites for hydroxylation is 3. The molecule has 0 unspecified atom stereocenters. The van der Waals surface area contributed by atoms with E-state index in [1.165, 1.54) is 5.56 Å². The van der Waals surface area contributed by atoms with E-state index in [-0.39, 0.29) is 0 Å². The van der Waals surface area contributed by atoms with Gasteiger partial charge in [0.1, 0.15) is 5.75 Å². The number of fused-ring (bicyclic) bond motifs is 1. The van der Waals surface area contributed by atoms with E-state index < -0.39 is 0 Å². The van der Waals surface area contributed by atoms with Crippen LogP contribution in [0.3, 0.4) is 0 Å². The second-order valence-electron chi connectivity index (χ2n) is 9.93.